The monoisotopic (exact) mass is 236 g/mol. The van der Waals surface area contributed by atoms with Gasteiger partial charge in [0.1, 0.15) is 0 Å². The molecule has 0 aromatic heterocycles. The highest BCUT2D eigenvalue weighted by molar-refractivity contribution is 5.69. The molecule has 6 heteroatoms. The van der Waals surface area contributed by atoms with Crippen LogP contribution in [0, 0.1) is 0 Å². The summed E-state index contributed by atoms with van der Waals surface area (Å²) in [5, 5.41) is 26.2. The molecular weight excluding hydrogens is 216 g/mol. The van der Waals surface area contributed by atoms with Crippen molar-refractivity contribution in [2.45, 2.75) is 45.2 Å². The molecule has 0 saturated heterocycles. The Morgan fingerprint density at radius 2 is 1.88 bits per heavy atom. The van der Waals surface area contributed by atoms with Gasteiger partial charge in [0, 0.05) is 19.3 Å². The molecule has 0 bridgehead atoms. The van der Waals surface area contributed by atoms with Crippen molar-refractivity contribution in [3.05, 3.63) is 0 Å². The Morgan fingerprint density at radius 3 is 2.44 bits per heavy atom. The molecule has 0 rings (SSSR count). The second kappa shape index (κ2) is 9.53. The van der Waals surface area contributed by atoms with Crippen molar-refractivity contribution in [2.24, 2.45) is 0 Å². The summed E-state index contributed by atoms with van der Waals surface area (Å²) in [6.45, 7) is 2.02. The van der Waals surface area contributed by atoms with Crippen LogP contribution in [0.15, 0.2) is 0 Å². The van der Waals surface area contributed by atoms with E-state index in [0.717, 1.165) is 6.42 Å². The van der Waals surface area contributed by atoms with Gasteiger partial charge in [-0.15, -0.1) is 0 Å². The molecule has 96 valence electrons. The molecule has 1 atom stereocenters. The molecule has 0 heterocycles. The third-order valence-electron chi connectivity index (χ3n) is 1.77. The number of esters is 1. The van der Waals surface area contributed by atoms with Gasteiger partial charge in [0.15, 0.2) is 12.6 Å². The second-order valence-electron chi connectivity index (χ2n) is 3.35. The number of rotatable bonds is 9. The Morgan fingerprint density at radius 1 is 1.19 bits per heavy atom. The van der Waals surface area contributed by atoms with Gasteiger partial charge in [-0.3, -0.25) is 4.79 Å². The lowest BCUT2D eigenvalue weighted by Crippen LogP contribution is -2.19. The summed E-state index contributed by atoms with van der Waals surface area (Å²) in [4.78, 5) is 10.9. The van der Waals surface area contributed by atoms with Crippen molar-refractivity contribution >= 4 is 5.97 Å². The summed E-state index contributed by atoms with van der Waals surface area (Å²) in [6, 6.07) is 0. The number of carbonyl (C=O) groups excluding carboxylic acids is 1. The molecule has 0 aromatic rings. The van der Waals surface area contributed by atoms with E-state index in [0.29, 0.717) is 6.42 Å². The van der Waals surface area contributed by atoms with Crippen LogP contribution in [0.5, 0.6) is 0 Å². The number of ether oxygens (including phenoxy) is 2. The van der Waals surface area contributed by atoms with Crippen molar-refractivity contribution in [2.75, 3.05) is 13.2 Å². The summed E-state index contributed by atoms with van der Waals surface area (Å²) in [7, 11) is 0. The van der Waals surface area contributed by atoms with Crippen molar-refractivity contribution < 1.29 is 29.6 Å². The maximum Gasteiger partial charge on any atom is 0.305 e. The Kier molecular flexibility index (Phi) is 9.12. The molecule has 0 radical (unpaired) electrons. The van der Waals surface area contributed by atoms with Crippen LogP contribution < -0.4 is 0 Å². The van der Waals surface area contributed by atoms with E-state index >= 15 is 0 Å². The minimum Gasteiger partial charge on any atom is -0.465 e. The third-order valence-corrected chi connectivity index (χ3v) is 1.77. The fraction of sp³-hybridized carbons (Fsp3) is 0.900. The summed E-state index contributed by atoms with van der Waals surface area (Å²) >= 11 is 0. The molecule has 0 aliphatic rings. The van der Waals surface area contributed by atoms with E-state index < -0.39 is 12.6 Å². The molecule has 3 N–H and O–H groups in total. The summed E-state index contributed by atoms with van der Waals surface area (Å²) < 4.78 is 9.64. The van der Waals surface area contributed by atoms with Gasteiger partial charge in [0.05, 0.1) is 13.2 Å². The van der Waals surface area contributed by atoms with Crippen LogP contribution in [0.25, 0.3) is 0 Å². The molecule has 6 nitrogen and oxygen atoms in total. The van der Waals surface area contributed by atoms with Crippen LogP contribution in [0.1, 0.15) is 32.6 Å². The van der Waals surface area contributed by atoms with Gasteiger partial charge in [-0.25, -0.2) is 0 Å². The van der Waals surface area contributed by atoms with Gasteiger partial charge in [-0.2, -0.15) is 0 Å². The predicted octanol–water partition coefficient (Wildman–Crippen LogP) is -0.244. The lowest BCUT2D eigenvalue weighted by molar-refractivity contribution is -0.151. The first-order valence-electron chi connectivity index (χ1n) is 5.37. The summed E-state index contributed by atoms with van der Waals surface area (Å²) in [6.07, 6.45) is -1.17. The van der Waals surface area contributed by atoms with Crippen molar-refractivity contribution in [3.63, 3.8) is 0 Å². The average Bonchev–Trinajstić information content (AvgIpc) is 2.17. The molecule has 0 aliphatic heterocycles. The van der Waals surface area contributed by atoms with E-state index in [1.807, 2.05) is 6.92 Å². The van der Waals surface area contributed by atoms with Gasteiger partial charge in [-0.1, -0.05) is 6.92 Å². The molecule has 0 unspecified atom stereocenters. The highest BCUT2D eigenvalue weighted by Crippen LogP contribution is 1.99. The van der Waals surface area contributed by atoms with Gasteiger partial charge in [0.25, 0.3) is 0 Å². The van der Waals surface area contributed by atoms with E-state index in [4.69, 9.17) is 19.7 Å². The van der Waals surface area contributed by atoms with Gasteiger partial charge < -0.3 is 24.8 Å². The Labute approximate surface area is 94.8 Å². The van der Waals surface area contributed by atoms with Crippen molar-refractivity contribution in [1.82, 2.24) is 0 Å². The first kappa shape index (κ1) is 15.3. The quantitative estimate of drug-likeness (QED) is 0.377. The van der Waals surface area contributed by atoms with Crippen LogP contribution in [0.4, 0.5) is 0 Å². The van der Waals surface area contributed by atoms with Crippen LogP contribution in [-0.2, 0) is 14.3 Å². The second-order valence-corrected chi connectivity index (χ2v) is 3.35. The normalized spacial score (nSPS) is 12.8. The maximum absolute atomic E-state index is 10.9. The Hall–Kier alpha value is -0.690. The Balaban J connectivity index is 3.36. The molecule has 0 amide bonds. The van der Waals surface area contributed by atoms with Gasteiger partial charge in [0.2, 0.25) is 0 Å². The van der Waals surface area contributed by atoms with E-state index in [9.17, 15) is 9.90 Å². The van der Waals surface area contributed by atoms with Crippen LogP contribution in [0.2, 0.25) is 0 Å². The van der Waals surface area contributed by atoms with Gasteiger partial charge in [-0.05, 0) is 6.42 Å². The zero-order chi connectivity index (χ0) is 12.4. The maximum atomic E-state index is 10.9. The molecule has 16 heavy (non-hydrogen) atoms. The minimum absolute atomic E-state index is 0.0344. The average molecular weight is 236 g/mol. The predicted molar refractivity (Wildman–Crippen MR) is 55.3 cm³/mol. The summed E-state index contributed by atoms with van der Waals surface area (Å²) in [5.41, 5.74) is 0. The van der Waals surface area contributed by atoms with E-state index in [1.54, 1.807) is 0 Å². The fourth-order valence-electron chi connectivity index (χ4n) is 0.943. The van der Waals surface area contributed by atoms with E-state index in [-0.39, 0.29) is 32.0 Å². The number of hydrogen-bond donors (Lipinski definition) is 3. The molecule has 0 fully saturated rings. The van der Waals surface area contributed by atoms with Gasteiger partial charge >= 0.3 is 5.97 Å². The minimum atomic E-state index is -1.44. The SMILES string of the molecule is CCCC(=O)OCC[C@H](O)OCCC(O)O. The molecule has 0 aliphatic carbocycles. The highest BCUT2D eigenvalue weighted by Gasteiger charge is 2.07. The standard InChI is InChI=1S/C10H20O6/c1-2-3-9(13)16-7-5-10(14)15-6-4-8(11)12/h8,10-12,14H,2-7H2,1H3/t10-/m1/s1. The zero-order valence-corrected chi connectivity index (χ0v) is 9.46. The van der Waals surface area contributed by atoms with Crippen LogP contribution in [0.3, 0.4) is 0 Å². The van der Waals surface area contributed by atoms with E-state index in [2.05, 4.69) is 0 Å². The van der Waals surface area contributed by atoms with Crippen LogP contribution >= 0.6 is 0 Å². The number of aliphatic hydroxyl groups excluding tert-OH is 2. The Bertz CT molecular complexity index is 182. The van der Waals surface area contributed by atoms with E-state index in [1.165, 1.54) is 0 Å². The smallest absolute Gasteiger partial charge is 0.305 e. The lowest BCUT2D eigenvalue weighted by Gasteiger charge is -2.12. The molecule has 0 aromatic carbocycles. The van der Waals surface area contributed by atoms with Crippen molar-refractivity contribution in [3.8, 4) is 0 Å². The molecular formula is C10H20O6. The van der Waals surface area contributed by atoms with Crippen LogP contribution in [-0.4, -0.2) is 47.1 Å². The first-order chi connectivity index (χ1) is 7.56. The number of aliphatic hydroxyl groups is 3. The molecule has 0 spiro atoms. The zero-order valence-electron chi connectivity index (χ0n) is 9.46. The number of hydrogen-bond acceptors (Lipinski definition) is 6. The first-order valence-corrected chi connectivity index (χ1v) is 5.37. The number of carbonyl (C=O) groups is 1. The van der Waals surface area contributed by atoms with Crippen molar-refractivity contribution in [1.29, 1.82) is 0 Å². The fourth-order valence-corrected chi connectivity index (χ4v) is 0.943. The molecule has 0 saturated carbocycles. The summed E-state index contributed by atoms with van der Waals surface area (Å²) in [5.74, 6) is -0.291. The lowest BCUT2D eigenvalue weighted by atomic mass is 10.3. The largest absolute Gasteiger partial charge is 0.465 e. The topological polar surface area (TPSA) is 96.2 Å². The third kappa shape index (κ3) is 9.85. The highest BCUT2D eigenvalue weighted by atomic mass is 16.6.